The molecule has 0 amide bonds. The molecule has 1 aromatic rings. The number of fused-ring (bicyclic) bond motifs is 3. The van der Waals surface area contributed by atoms with Gasteiger partial charge in [-0.05, 0) is 36.9 Å². The highest BCUT2D eigenvalue weighted by atomic mass is 32.2. The molecule has 0 aromatic heterocycles. The van der Waals surface area contributed by atoms with Gasteiger partial charge >= 0.3 is 11.9 Å². The first-order valence-corrected chi connectivity index (χ1v) is 10.1. The molecule has 2 atom stereocenters. The molecule has 1 fully saturated rings. The van der Waals surface area contributed by atoms with Crippen LogP contribution in [0, 0.1) is 0 Å². The normalized spacial score (nSPS) is 26.5. The van der Waals surface area contributed by atoms with Crippen molar-refractivity contribution in [3.63, 3.8) is 0 Å². The number of thioether (sulfide) groups is 1. The summed E-state index contributed by atoms with van der Waals surface area (Å²) < 4.78 is 37.2. The molecule has 0 saturated carbocycles. The molecule has 2 unspecified atom stereocenters. The number of carbonyl (C=O) groups is 2. The van der Waals surface area contributed by atoms with Gasteiger partial charge in [-0.25, -0.2) is 18.0 Å². The summed E-state index contributed by atoms with van der Waals surface area (Å²) in [4.78, 5) is 26.4. The minimum atomic E-state index is -3.43. The Kier molecular flexibility index (Phi) is 3.76. The van der Waals surface area contributed by atoms with Crippen LogP contribution in [0.4, 0.5) is 5.69 Å². The molecule has 3 heterocycles. The van der Waals surface area contributed by atoms with E-state index in [9.17, 15) is 18.0 Å². The number of amidine groups is 1. The van der Waals surface area contributed by atoms with Crippen molar-refractivity contribution in [2.45, 2.75) is 30.4 Å². The molecule has 10 heteroatoms. The van der Waals surface area contributed by atoms with E-state index in [2.05, 4.69) is 4.40 Å². The van der Waals surface area contributed by atoms with Crippen molar-refractivity contribution in [1.82, 2.24) is 0 Å². The fraction of sp³-hybridized carbons (Fsp3) is 0.400. The summed E-state index contributed by atoms with van der Waals surface area (Å²) in [5, 5.41) is 0.389. The molecule has 0 N–H and O–H groups in total. The van der Waals surface area contributed by atoms with Gasteiger partial charge in [-0.15, -0.1) is 4.40 Å². The third-order valence-corrected chi connectivity index (χ3v) is 6.39. The largest absolute Gasteiger partial charge is 0.460 e. The molecule has 4 rings (SSSR count). The molecule has 1 aromatic carbocycles. The Balaban J connectivity index is 1.55. The van der Waals surface area contributed by atoms with Crippen molar-refractivity contribution in [2.75, 3.05) is 17.2 Å². The second kappa shape index (κ2) is 5.73. The highest BCUT2D eigenvalue weighted by Gasteiger charge is 2.36. The monoisotopic (exact) mass is 382 g/mol. The second-order valence-corrected chi connectivity index (χ2v) is 8.74. The van der Waals surface area contributed by atoms with Gasteiger partial charge in [0, 0.05) is 17.9 Å². The Morgan fingerprint density at radius 1 is 1.44 bits per heavy atom. The van der Waals surface area contributed by atoms with Crippen LogP contribution in [0.5, 0.6) is 0 Å². The molecule has 1 saturated heterocycles. The van der Waals surface area contributed by atoms with Crippen LogP contribution in [0.3, 0.4) is 0 Å². The van der Waals surface area contributed by atoms with Gasteiger partial charge in [0.2, 0.25) is 6.10 Å². The predicted molar refractivity (Wildman–Crippen MR) is 90.2 cm³/mol. The zero-order chi connectivity index (χ0) is 17.8. The topological polar surface area (TPSA) is 102 Å². The van der Waals surface area contributed by atoms with Gasteiger partial charge in [0.25, 0.3) is 10.0 Å². The number of nitrogens with zero attached hydrogens (tertiary/aromatic N) is 2. The Morgan fingerprint density at radius 3 is 2.96 bits per heavy atom. The SMILES string of the molecule is CC1CC(OC(=O)c2ccc3c(c2)SC2=NS(=O)(=O)CCN23)C(=O)O1. The van der Waals surface area contributed by atoms with Crippen LogP contribution in [0.25, 0.3) is 0 Å². The maximum atomic E-state index is 12.3. The van der Waals surface area contributed by atoms with Gasteiger partial charge in [-0.1, -0.05) is 0 Å². The minimum Gasteiger partial charge on any atom is -0.460 e. The fourth-order valence-electron chi connectivity index (χ4n) is 2.87. The number of hydrogen-bond donors (Lipinski definition) is 0. The molecule has 0 bridgehead atoms. The van der Waals surface area contributed by atoms with Crippen LogP contribution in [0.2, 0.25) is 0 Å². The van der Waals surface area contributed by atoms with Crippen LogP contribution in [0.1, 0.15) is 23.7 Å². The lowest BCUT2D eigenvalue weighted by molar-refractivity contribution is -0.147. The summed E-state index contributed by atoms with van der Waals surface area (Å²) in [7, 11) is -3.43. The third kappa shape index (κ3) is 2.99. The highest BCUT2D eigenvalue weighted by Crippen LogP contribution is 2.42. The number of anilines is 1. The van der Waals surface area contributed by atoms with Crippen LogP contribution < -0.4 is 4.90 Å². The first-order valence-electron chi connectivity index (χ1n) is 7.66. The van der Waals surface area contributed by atoms with E-state index in [1.165, 1.54) is 11.8 Å². The van der Waals surface area contributed by atoms with Gasteiger partial charge in [-0.2, -0.15) is 0 Å². The van der Waals surface area contributed by atoms with Crippen LogP contribution >= 0.6 is 11.8 Å². The van der Waals surface area contributed by atoms with Crippen molar-refractivity contribution < 1.29 is 27.5 Å². The molecule has 0 aliphatic carbocycles. The number of cyclic esters (lactones) is 1. The number of hydrogen-bond acceptors (Lipinski definition) is 8. The summed E-state index contributed by atoms with van der Waals surface area (Å²) in [6, 6.07) is 4.95. The quantitative estimate of drug-likeness (QED) is 0.702. The van der Waals surface area contributed by atoms with Crippen molar-refractivity contribution in [3.8, 4) is 0 Å². The smallest absolute Gasteiger partial charge is 0.347 e. The Bertz CT molecular complexity index is 911. The average molecular weight is 382 g/mol. The Hall–Kier alpha value is -2.07. The number of carbonyl (C=O) groups excluding carboxylic acids is 2. The summed E-state index contributed by atoms with van der Waals surface area (Å²) >= 11 is 1.19. The maximum absolute atomic E-state index is 12.3. The number of benzene rings is 1. The van der Waals surface area contributed by atoms with Gasteiger partial charge in [-0.3, -0.25) is 0 Å². The zero-order valence-corrected chi connectivity index (χ0v) is 14.8. The van der Waals surface area contributed by atoms with E-state index in [0.717, 1.165) is 10.6 Å². The van der Waals surface area contributed by atoms with E-state index in [4.69, 9.17) is 9.47 Å². The number of ether oxygens (including phenoxy) is 2. The zero-order valence-electron chi connectivity index (χ0n) is 13.2. The van der Waals surface area contributed by atoms with E-state index in [0.29, 0.717) is 23.7 Å². The van der Waals surface area contributed by atoms with Gasteiger partial charge in [0.05, 0.1) is 17.0 Å². The van der Waals surface area contributed by atoms with E-state index in [1.54, 1.807) is 25.1 Å². The summed E-state index contributed by atoms with van der Waals surface area (Å²) in [5.41, 5.74) is 1.10. The molecule has 3 aliphatic heterocycles. The first kappa shape index (κ1) is 16.4. The van der Waals surface area contributed by atoms with Crippen LogP contribution in [-0.2, 0) is 24.3 Å². The van der Waals surface area contributed by atoms with Gasteiger partial charge in [0.1, 0.15) is 6.10 Å². The van der Waals surface area contributed by atoms with Crippen LogP contribution in [0.15, 0.2) is 27.5 Å². The molecule has 0 radical (unpaired) electrons. The van der Waals surface area contributed by atoms with Gasteiger partial charge in [0.15, 0.2) is 5.17 Å². The maximum Gasteiger partial charge on any atom is 0.347 e. The summed E-state index contributed by atoms with van der Waals surface area (Å²) in [6.07, 6.45) is -0.812. The Morgan fingerprint density at radius 2 is 2.24 bits per heavy atom. The molecular formula is C15H14N2O6S2. The van der Waals surface area contributed by atoms with Crippen molar-refractivity contribution >= 4 is 44.6 Å². The molecule has 8 nitrogen and oxygen atoms in total. The van der Waals surface area contributed by atoms with Gasteiger partial charge < -0.3 is 14.4 Å². The van der Waals surface area contributed by atoms with Crippen LogP contribution in [-0.4, -0.2) is 50.0 Å². The molecule has 3 aliphatic rings. The van der Waals surface area contributed by atoms with E-state index in [1.807, 2.05) is 4.90 Å². The van der Waals surface area contributed by atoms with Crippen molar-refractivity contribution in [3.05, 3.63) is 23.8 Å². The molecule has 0 spiro atoms. The molecule has 132 valence electrons. The standard InChI is InChI=1S/C15H14N2O6S2/c1-8-6-11(14(19)22-8)23-13(18)9-2-3-10-12(7-9)24-15-16-25(20,21)5-4-17(10)15/h2-3,7-8,11H,4-6H2,1H3. The highest BCUT2D eigenvalue weighted by molar-refractivity contribution is 8.15. The van der Waals surface area contributed by atoms with E-state index >= 15 is 0 Å². The third-order valence-electron chi connectivity index (χ3n) is 4.08. The average Bonchev–Trinajstić information content (AvgIpc) is 3.03. The lowest BCUT2D eigenvalue weighted by Gasteiger charge is -2.22. The number of sulfonamides is 1. The Labute approximate surface area is 148 Å². The lowest BCUT2D eigenvalue weighted by atomic mass is 10.2. The van der Waals surface area contributed by atoms with E-state index in [-0.39, 0.29) is 11.9 Å². The lowest BCUT2D eigenvalue weighted by Crippen LogP contribution is -2.35. The number of esters is 2. The first-order chi connectivity index (χ1) is 11.8. The van der Waals surface area contributed by atoms with E-state index < -0.39 is 28.1 Å². The van der Waals surface area contributed by atoms with Crippen molar-refractivity contribution in [1.29, 1.82) is 0 Å². The predicted octanol–water partition coefficient (Wildman–Crippen LogP) is 1.16. The summed E-state index contributed by atoms with van der Waals surface area (Å²) in [5.74, 6) is -1.19. The molecular weight excluding hydrogens is 368 g/mol. The van der Waals surface area contributed by atoms with Crippen molar-refractivity contribution in [2.24, 2.45) is 4.40 Å². The second-order valence-electron chi connectivity index (χ2n) is 5.97. The fourth-order valence-corrected chi connectivity index (χ4v) is 5.17. The summed E-state index contributed by atoms with van der Waals surface area (Å²) in [6.45, 7) is 2.07. The molecule has 25 heavy (non-hydrogen) atoms. The number of rotatable bonds is 2. The minimum absolute atomic E-state index is 0.0394.